The first-order valence-corrected chi connectivity index (χ1v) is 10.2. The molecule has 4 aliphatic carbocycles. The zero-order valence-electron chi connectivity index (χ0n) is 16.2. The number of hydrogen-bond donors (Lipinski definition) is 3. The third-order valence-electron chi connectivity index (χ3n) is 8.38. The Morgan fingerprint density at radius 3 is 2.68 bits per heavy atom. The van der Waals surface area contributed by atoms with E-state index in [1.807, 2.05) is 13.0 Å². The molecule has 0 aromatic carbocycles. The summed E-state index contributed by atoms with van der Waals surface area (Å²) in [5.74, 6) is -1.09. The third-order valence-corrected chi connectivity index (χ3v) is 9.31. The molecule has 7 atom stereocenters. The number of carbonyl (C=O) groups excluding carboxylic acids is 2. The van der Waals surface area contributed by atoms with Gasteiger partial charge in [0.2, 0.25) is 0 Å². The number of hydrogen-bond acceptors (Lipinski definition) is 5. The number of allylic oxidation sites excluding steroid dienone is 4. The second-order valence-corrected chi connectivity index (χ2v) is 9.99. The lowest BCUT2D eigenvalue weighted by molar-refractivity contribution is -0.168. The minimum absolute atomic E-state index is 0.0708. The number of halogens is 1. The van der Waals surface area contributed by atoms with Crippen molar-refractivity contribution < 1.29 is 24.9 Å². The van der Waals surface area contributed by atoms with E-state index in [0.29, 0.717) is 24.8 Å². The molecule has 0 bridgehead atoms. The van der Waals surface area contributed by atoms with E-state index in [4.69, 9.17) is 11.6 Å². The molecule has 3 N–H and O–H groups in total. The second kappa shape index (κ2) is 5.88. The summed E-state index contributed by atoms with van der Waals surface area (Å²) in [5.41, 5.74) is -2.21. The van der Waals surface area contributed by atoms with Crippen molar-refractivity contribution in [3.63, 3.8) is 0 Å². The molecule has 0 heterocycles. The van der Waals surface area contributed by atoms with Crippen LogP contribution in [0.4, 0.5) is 0 Å². The first-order valence-electron chi connectivity index (χ1n) is 9.83. The number of alkyl halides is 1. The number of fused-ring (bicyclic) bond motifs is 5. The van der Waals surface area contributed by atoms with Gasteiger partial charge in [0.15, 0.2) is 17.2 Å². The van der Waals surface area contributed by atoms with Crippen LogP contribution in [0, 0.1) is 22.7 Å². The van der Waals surface area contributed by atoms with Crippen LogP contribution in [-0.2, 0) is 9.59 Å². The van der Waals surface area contributed by atoms with E-state index >= 15 is 0 Å². The van der Waals surface area contributed by atoms with Gasteiger partial charge in [-0.15, -0.1) is 11.6 Å². The van der Waals surface area contributed by atoms with Gasteiger partial charge in [-0.1, -0.05) is 32.1 Å². The predicted octanol–water partition coefficient (Wildman–Crippen LogP) is 2.09. The maximum atomic E-state index is 12.5. The molecule has 0 aromatic rings. The molecule has 152 valence electrons. The fraction of sp³-hybridized carbons (Fsp3) is 0.636. The summed E-state index contributed by atoms with van der Waals surface area (Å²) in [7, 11) is 0. The van der Waals surface area contributed by atoms with Crippen molar-refractivity contribution in [1.82, 2.24) is 0 Å². The van der Waals surface area contributed by atoms with Crippen molar-refractivity contribution in [3.8, 4) is 0 Å². The molecule has 0 saturated heterocycles. The average molecular weight is 407 g/mol. The molecule has 0 amide bonds. The highest BCUT2D eigenvalue weighted by molar-refractivity contribution is 6.26. The average Bonchev–Trinajstić information content (AvgIpc) is 2.84. The van der Waals surface area contributed by atoms with Crippen molar-refractivity contribution in [3.05, 3.63) is 36.0 Å². The Bertz CT molecular complexity index is 846. The van der Waals surface area contributed by atoms with E-state index in [9.17, 15) is 24.9 Å². The van der Waals surface area contributed by atoms with E-state index in [-0.39, 0.29) is 24.0 Å². The Morgan fingerprint density at radius 1 is 1.36 bits per heavy atom. The van der Waals surface area contributed by atoms with Crippen LogP contribution in [0.2, 0.25) is 0 Å². The lowest BCUT2D eigenvalue weighted by Gasteiger charge is -2.63. The van der Waals surface area contributed by atoms with Gasteiger partial charge in [0.25, 0.3) is 0 Å². The number of carbonyl (C=O) groups is 2. The fourth-order valence-electron chi connectivity index (χ4n) is 6.80. The summed E-state index contributed by atoms with van der Waals surface area (Å²) >= 11 is 7.27. The Kier molecular flexibility index (Phi) is 4.20. The zero-order valence-corrected chi connectivity index (χ0v) is 17.0. The normalized spacial score (nSPS) is 49.9. The highest BCUT2D eigenvalue weighted by atomic mass is 35.5. The summed E-state index contributed by atoms with van der Waals surface area (Å²) in [6.45, 7) is 6.95. The summed E-state index contributed by atoms with van der Waals surface area (Å²) in [6.07, 6.45) is 5.80. The Hall–Kier alpha value is -1.27. The number of rotatable bonds is 2. The summed E-state index contributed by atoms with van der Waals surface area (Å²) in [4.78, 5) is 23.4. The van der Waals surface area contributed by atoms with Crippen LogP contribution in [0.3, 0.4) is 0 Å². The van der Waals surface area contributed by atoms with Gasteiger partial charge in [0.1, 0.15) is 6.61 Å². The minimum Gasteiger partial charge on any atom is -0.391 e. The number of ketones is 2. The van der Waals surface area contributed by atoms with Crippen LogP contribution in [0.1, 0.15) is 39.5 Å². The van der Waals surface area contributed by atoms with E-state index in [1.54, 1.807) is 13.0 Å². The molecular weight excluding hydrogens is 380 g/mol. The first-order chi connectivity index (χ1) is 13.0. The monoisotopic (exact) mass is 406 g/mol. The van der Waals surface area contributed by atoms with Crippen LogP contribution in [0.5, 0.6) is 0 Å². The van der Waals surface area contributed by atoms with Gasteiger partial charge in [-0.3, -0.25) is 9.59 Å². The molecular formula is C22H27ClO5. The molecule has 0 spiro atoms. The van der Waals surface area contributed by atoms with Gasteiger partial charge in [-0.2, -0.15) is 0 Å². The lowest BCUT2D eigenvalue weighted by atomic mass is 9.45. The van der Waals surface area contributed by atoms with Crippen LogP contribution >= 0.6 is 11.6 Å². The van der Waals surface area contributed by atoms with Crippen molar-refractivity contribution in [2.24, 2.45) is 22.7 Å². The minimum atomic E-state index is -1.87. The number of aliphatic hydroxyl groups excluding tert-OH is 2. The molecule has 28 heavy (non-hydrogen) atoms. The summed E-state index contributed by atoms with van der Waals surface area (Å²) in [6, 6.07) is 0. The van der Waals surface area contributed by atoms with Gasteiger partial charge in [0.05, 0.1) is 11.0 Å². The SMILES string of the molecule is C=C1C[C@H]2[C@@H]3CCC4=CC(=O)C=C[C@]4(C)[C@@]3(Cl)C(O)C[C@]2(C)[C@@]1(O)C(=O)CO. The molecule has 0 radical (unpaired) electrons. The largest absolute Gasteiger partial charge is 0.391 e. The molecule has 4 rings (SSSR count). The molecule has 6 heteroatoms. The standard InChI is InChI=1S/C22H27ClO5/c1-12-8-16-15-5-4-13-9-14(25)6-7-19(13,2)21(15,23)17(26)10-20(16,3)22(12,28)18(27)11-24/h6-7,9,15-17,24,26,28H,1,4-5,8,10-11H2,2-3H3/t15-,16-,17?,19-,20-,21-,22-/m0/s1. The van der Waals surface area contributed by atoms with Crippen LogP contribution in [0.15, 0.2) is 36.0 Å². The van der Waals surface area contributed by atoms with Crippen LogP contribution in [-0.4, -0.2) is 50.1 Å². The quantitative estimate of drug-likeness (QED) is 0.482. The van der Waals surface area contributed by atoms with Gasteiger partial charge < -0.3 is 15.3 Å². The Morgan fingerprint density at radius 2 is 2.04 bits per heavy atom. The van der Waals surface area contributed by atoms with Crippen molar-refractivity contribution in [1.29, 1.82) is 0 Å². The maximum Gasteiger partial charge on any atom is 0.194 e. The number of aliphatic hydroxyl groups is 3. The van der Waals surface area contributed by atoms with E-state index in [1.165, 1.54) is 6.08 Å². The smallest absolute Gasteiger partial charge is 0.194 e. The van der Waals surface area contributed by atoms with E-state index < -0.39 is 39.8 Å². The predicted molar refractivity (Wildman–Crippen MR) is 105 cm³/mol. The zero-order chi connectivity index (χ0) is 20.7. The van der Waals surface area contributed by atoms with Crippen molar-refractivity contribution in [2.45, 2.75) is 56.1 Å². The summed E-state index contributed by atoms with van der Waals surface area (Å²) < 4.78 is 0. The molecule has 1 unspecified atom stereocenters. The van der Waals surface area contributed by atoms with Gasteiger partial charge in [-0.25, -0.2) is 0 Å². The summed E-state index contributed by atoms with van der Waals surface area (Å²) in [5, 5.41) is 32.2. The highest BCUT2D eigenvalue weighted by Gasteiger charge is 2.73. The molecule has 5 nitrogen and oxygen atoms in total. The molecule has 3 saturated carbocycles. The molecule has 0 aromatic heterocycles. The molecule has 3 fully saturated rings. The fourth-order valence-corrected chi connectivity index (χ4v) is 7.32. The van der Waals surface area contributed by atoms with E-state index in [2.05, 4.69) is 6.58 Å². The molecule has 4 aliphatic rings. The topological polar surface area (TPSA) is 94.8 Å². The van der Waals surface area contributed by atoms with Gasteiger partial charge in [-0.05, 0) is 55.2 Å². The maximum absolute atomic E-state index is 12.5. The first kappa shape index (κ1) is 20.0. The van der Waals surface area contributed by atoms with Crippen LogP contribution in [0.25, 0.3) is 0 Å². The third kappa shape index (κ3) is 2.03. The van der Waals surface area contributed by atoms with E-state index in [0.717, 1.165) is 5.57 Å². The van der Waals surface area contributed by atoms with Gasteiger partial charge in [0, 0.05) is 10.8 Å². The van der Waals surface area contributed by atoms with Crippen molar-refractivity contribution >= 4 is 23.2 Å². The second-order valence-electron chi connectivity index (χ2n) is 9.36. The van der Waals surface area contributed by atoms with Gasteiger partial charge >= 0.3 is 0 Å². The molecule has 0 aliphatic heterocycles. The lowest BCUT2D eigenvalue weighted by Crippen LogP contribution is -2.68. The Balaban J connectivity index is 1.85. The van der Waals surface area contributed by atoms with Crippen molar-refractivity contribution in [2.75, 3.05) is 6.61 Å². The Labute approximate surface area is 169 Å². The number of Topliss-reactive ketones (excluding diaryl/α,β-unsaturated/α-hetero) is 1. The highest BCUT2D eigenvalue weighted by Crippen LogP contribution is 2.71. The van der Waals surface area contributed by atoms with Crippen LogP contribution < -0.4 is 0 Å².